The summed E-state index contributed by atoms with van der Waals surface area (Å²) in [5, 5.41) is 3.37. The van der Waals surface area contributed by atoms with Gasteiger partial charge in [0, 0.05) is 10.9 Å². The van der Waals surface area contributed by atoms with E-state index in [1.807, 2.05) is 48.5 Å². The highest BCUT2D eigenvalue weighted by Crippen LogP contribution is 2.54. The summed E-state index contributed by atoms with van der Waals surface area (Å²) >= 11 is 6.07. The Hall–Kier alpha value is -2.86. The highest BCUT2D eigenvalue weighted by molar-refractivity contribution is 6.32. The molecule has 2 aromatic carbocycles. The van der Waals surface area contributed by atoms with Crippen molar-refractivity contribution in [1.29, 1.82) is 0 Å². The van der Waals surface area contributed by atoms with E-state index < -0.39 is 23.4 Å². The normalized spacial score (nSPS) is 19.6. The minimum absolute atomic E-state index is 0.00725. The first kappa shape index (κ1) is 21.8. The molecule has 0 aliphatic heterocycles. The van der Waals surface area contributed by atoms with Crippen molar-refractivity contribution in [3.63, 3.8) is 0 Å². The molecule has 1 N–H and O–H groups in total. The lowest BCUT2D eigenvalue weighted by atomic mass is 9.99. The molecule has 1 aliphatic carbocycles. The van der Waals surface area contributed by atoms with Crippen LogP contribution in [0.5, 0.6) is 0 Å². The molecule has 0 saturated heterocycles. The summed E-state index contributed by atoms with van der Waals surface area (Å²) in [4.78, 5) is 36.1. The molecule has 1 fully saturated rings. The summed E-state index contributed by atoms with van der Waals surface area (Å²) in [6, 6.07) is 15.4. The fraction of sp³-hybridized carbons (Fsp3) is 0.348. The summed E-state index contributed by atoms with van der Waals surface area (Å²) in [6.45, 7) is 3.70. The maximum Gasteiger partial charge on any atom is 0.396 e. The van der Waals surface area contributed by atoms with Gasteiger partial charge >= 0.3 is 17.8 Å². The zero-order chi connectivity index (χ0) is 21.7. The second-order valence-electron chi connectivity index (χ2n) is 7.20. The summed E-state index contributed by atoms with van der Waals surface area (Å²) in [6.07, 6.45) is 0.528. The number of nitrogens with one attached hydrogen (secondary N) is 1. The second-order valence-corrected chi connectivity index (χ2v) is 7.64. The lowest BCUT2D eigenvalue weighted by molar-refractivity contribution is -0.155. The average molecular weight is 430 g/mol. The van der Waals surface area contributed by atoms with Crippen molar-refractivity contribution in [3.8, 4) is 11.1 Å². The van der Waals surface area contributed by atoms with Crippen molar-refractivity contribution in [2.45, 2.75) is 38.1 Å². The predicted molar refractivity (Wildman–Crippen MR) is 113 cm³/mol. The number of carbonyl (C=O) groups excluding carboxylic acids is 3. The Morgan fingerprint density at radius 2 is 1.73 bits per heavy atom. The maximum atomic E-state index is 12.2. The van der Waals surface area contributed by atoms with Gasteiger partial charge in [-0.2, -0.15) is 0 Å². The molecule has 30 heavy (non-hydrogen) atoms. The quantitative estimate of drug-likeness (QED) is 0.533. The van der Waals surface area contributed by atoms with E-state index in [0.29, 0.717) is 11.4 Å². The highest BCUT2D eigenvalue weighted by atomic mass is 35.5. The summed E-state index contributed by atoms with van der Waals surface area (Å²) < 4.78 is 9.83. The van der Waals surface area contributed by atoms with Crippen molar-refractivity contribution >= 4 is 29.4 Å². The van der Waals surface area contributed by atoms with Crippen molar-refractivity contribution in [2.24, 2.45) is 0 Å². The molecule has 3 rings (SSSR count). The summed E-state index contributed by atoms with van der Waals surface area (Å²) in [5.41, 5.74) is 2.12. The van der Waals surface area contributed by atoms with Crippen LogP contribution >= 0.6 is 11.6 Å². The fourth-order valence-electron chi connectivity index (χ4n) is 3.64. The SMILES string of the molecule is CCOC(=O)CC1(NC(=O)C(=O)OCC)C[C@H]1c1ccc(-c2cccc(Cl)c2)cc1. The predicted octanol–water partition coefficient (Wildman–Crippen LogP) is 3.87. The van der Waals surface area contributed by atoms with E-state index in [-0.39, 0.29) is 25.6 Å². The van der Waals surface area contributed by atoms with E-state index in [4.69, 9.17) is 21.1 Å². The molecule has 1 amide bonds. The zero-order valence-corrected chi connectivity index (χ0v) is 17.7. The van der Waals surface area contributed by atoms with Gasteiger partial charge < -0.3 is 14.8 Å². The van der Waals surface area contributed by atoms with Gasteiger partial charge in [0.05, 0.1) is 25.2 Å². The van der Waals surface area contributed by atoms with Gasteiger partial charge in [-0.1, -0.05) is 48.0 Å². The second kappa shape index (κ2) is 9.30. The first-order valence-electron chi connectivity index (χ1n) is 9.89. The van der Waals surface area contributed by atoms with Crippen LogP contribution in [0.25, 0.3) is 11.1 Å². The Morgan fingerprint density at radius 1 is 1.03 bits per heavy atom. The molecular weight excluding hydrogens is 406 g/mol. The van der Waals surface area contributed by atoms with Crippen LogP contribution < -0.4 is 5.32 Å². The largest absolute Gasteiger partial charge is 0.466 e. The van der Waals surface area contributed by atoms with Gasteiger partial charge in [0.15, 0.2) is 0 Å². The number of halogens is 1. The Balaban J connectivity index is 1.78. The van der Waals surface area contributed by atoms with Crippen LogP contribution in [0.4, 0.5) is 0 Å². The highest BCUT2D eigenvalue weighted by Gasteiger charge is 2.57. The molecule has 0 aromatic heterocycles. The number of amides is 1. The third-order valence-corrected chi connectivity index (χ3v) is 5.37. The third-order valence-electron chi connectivity index (χ3n) is 5.13. The standard InChI is InChI=1S/C23H24ClNO5/c1-3-29-20(26)14-23(25-21(27)22(28)30-4-2)13-19(23)16-10-8-15(9-11-16)17-6-5-7-18(24)12-17/h5-12,19H,3-4,13-14H2,1-2H3,(H,25,27)/t19-,23?/m0/s1. The zero-order valence-electron chi connectivity index (χ0n) is 16.9. The Labute approximate surface area is 180 Å². The number of rotatable bonds is 7. The average Bonchev–Trinajstić information content (AvgIpc) is 3.41. The van der Waals surface area contributed by atoms with Gasteiger partial charge in [0.1, 0.15) is 0 Å². The van der Waals surface area contributed by atoms with Gasteiger partial charge in [0.2, 0.25) is 0 Å². The van der Waals surface area contributed by atoms with Crippen LogP contribution in [-0.4, -0.2) is 36.6 Å². The van der Waals surface area contributed by atoms with Crippen LogP contribution in [0, 0.1) is 0 Å². The lowest BCUT2D eigenvalue weighted by Gasteiger charge is -2.18. The number of ether oxygens (including phenoxy) is 2. The van der Waals surface area contributed by atoms with Gasteiger partial charge in [-0.05, 0) is 49.1 Å². The Bertz CT molecular complexity index is 943. The molecule has 6 nitrogen and oxygen atoms in total. The molecule has 0 radical (unpaired) electrons. The van der Waals surface area contributed by atoms with E-state index in [9.17, 15) is 14.4 Å². The smallest absolute Gasteiger partial charge is 0.396 e. The van der Waals surface area contributed by atoms with Crippen LogP contribution in [-0.2, 0) is 23.9 Å². The molecule has 2 atom stereocenters. The van der Waals surface area contributed by atoms with Crippen molar-refractivity contribution in [2.75, 3.05) is 13.2 Å². The molecule has 1 unspecified atom stereocenters. The monoisotopic (exact) mass is 429 g/mol. The summed E-state index contributed by atoms with van der Waals surface area (Å²) in [5.74, 6) is -2.32. The minimum Gasteiger partial charge on any atom is -0.466 e. The Kier molecular flexibility index (Phi) is 6.77. The van der Waals surface area contributed by atoms with Crippen LogP contribution in [0.2, 0.25) is 5.02 Å². The van der Waals surface area contributed by atoms with Crippen molar-refractivity contribution in [3.05, 3.63) is 59.1 Å². The molecule has 7 heteroatoms. The van der Waals surface area contributed by atoms with Gasteiger partial charge in [-0.25, -0.2) is 4.79 Å². The molecule has 0 spiro atoms. The Morgan fingerprint density at radius 3 is 2.37 bits per heavy atom. The van der Waals surface area contributed by atoms with E-state index in [1.54, 1.807) is 13.8 Å². The van der Waals surface area contributed by atoms with Crippen LogP contribution in [0.3, 0.4) is 0 Å². The molecule has 158 valence electrons. The van der Waals surface area contributed by atoms with Crippen molar-refractivity contribution in [1.82, 2.24) is 5.32 Å². The minimum atomic E-state index is -0.956. The number of benzene rings is 2. The molecule has 1 saturated carbocycles. The van der Waals surface area contributed by atoms with Crippen LogP contribution in [0.1, 0.15) is 38.2 Å². The van der Waals surface area contributed by atoms with Crippen LogP contribution in [0.15, 0.2) is 48.5 Å². The van der Waals surface area contributed by atoms with Gasteiger partial charge in [-0.15, -0.1) is 0 Å². The third kappa shape index (κ3) is 5.00. The first-order valence-corrected chi connectivity index (χ1v) is 10.3. The lowest BCUT2D eigenvalue weighted by Crippen LogP contribution is -2.44. The maximum absolute atomic E-state index is 12.2. The van der Waals surface area contributed by atoms with E-state index in [1.165, 1.54) is 0 Å². The summed E-state index contributed by atoms with van der Waals surface area (Å²) in [7, 11) is 0. The van der Waals surface area contributed by atoms with Gasteiger partial charge in [0.25, 0.3) is 0 Å². The number of carbonyl (C=O) groups is 3. The topological polar surface area (TPSA) is 81.7 Å². The molecule has 2 aromatic rings. The van der Waals surface area contributed by atoms with E-state index >= 15 is 0 Å². The number of hydrogen-bond acceptors (Lipinski definition) is 5. The fourth-order valence-corrected chi connectivity index (χ4v) is 3.83. The van der Waals surface area contributed by atoms with Gasteiger partial charge in [-0.3, -0.25) is 9.59 Å². The number of hydrogen-bond donors (Lipinski definition) is 1. The van der Waals surface area contributed by atoms with Crippen molar-refractivity contribution < 1.29 is 23.9 Å². The van der Waals surface area contributed by atoms with E-state index in [0.717, 1.165) is 16.7 Å². The number of esters is 2. The molecular formula is C23H24ClNO5. The first-order chi connectivity index (χ1) is 14.4. The molecule has 0 heterocycles. The molecule has 1 aliphatic rings. The van der Waals surface area contributed by atoms with E-state index in [2.05, 4.69) is 5.32 Å². The molecule has 0 bridgehead atoms.